The van der Waals surface area contributed by atoms with Gasteiger partial charge in [0.1, 0.15) is 0 Å². The van der Waals surface area contributed by atoms with Crippen LogP contribution in [0, 0.1) is 29.1 Å². The van der Waals surface area contributed by atoms with Gasteiger partial charge in [-0.25, -0.2) is 0 Å². The van der Waals surface area contributed by atoms with E-state index in [4.69, 9.17) is 0 Å². The van der Waals surface area contributed by atoms with Crippen molar-refractivity contribution in [1.82, 2.24) is 0 Å². The van der Waals surface area contributed by atoms with Crippen LogP contribution in [0.5, 0.6) is 0 Å². The summed E-state index contributed by atoms with van der Waals surface area (Å²) < 4.78 is 3.90. The van der Waals surface area contributed by atoms with Crippen molar-refractivity contribution in [2.75, 3.05) is 0 Å². The van der Waals surface area contributed by atoms with Crippen LogP contribution in [-0.4, -0.2) is 3.21 Å². The van der Waals surface area contributed by atoms with Crippen LogP contribution in [0.3, 0.4) is 0 Å². The number of benzene rings is 4. The maximum absolute atomic E-state index is 3.10. The summed E-state index contributed by atoms with van der Waals surface area (Å²) in [6, 6.07) is 35.2. The van der Waals surface area contributed by atoms with Gasteiger partial charge < -0.3 is 24.8 Å². The molecule has 1 unspecified atom stereocenters. The minimum absolute atomic E-state index is 0. The Labute approximate surface area is 403 Å². The Kier molecular flexibility index (Phi) is 13.2. The molecule has 3 heteroatoms. The Balaban J connectivity index is 0.00000298. The van der Waals surface area contributed by atoms with Crippen LogP contribution >= 0.6 is 0 Å². The number of halogens is 2. The minimum atomic E-state index is -3.10. The average molecular weight is 959 g/mol. The summed E-state index contributed by atoms with van der Waals surface area (Å²) in [5, 5.41) is 0. The second-order valence-corrected chi connectivity index (χ2v) is 31.1. The molecule has 0 saturated heterocycles. The fourth-order valence-electron chi connectivity index (χ4n) is 13.3. The Morgan fingerprint density at radius 3 is 1.27 bits per heavy atom. The molecule has 6 aliphatic carbocycles. The van der Waals surface area contributed by atoms with Gasteiger partial charge in [-0.3, -0.25) is 0 Å². The number of allylic oxidation sites excluding steroid dienone is 4. The van der Waals surface area contributed by atoms with Crippen LogP contribution in [0.15, 0.2) is 105 Å². The van der Waals surface area contributed by atoms with E-state index < -0.39 is 21.3 Å². The van der Waals surface area contributed by atoms with Gasteiger partial charge in [-0.15, -0.1) is 0 Å². The van der Waals surface area contributed by atoms with Gasteiger partial charge in [-0.2, -0.15) is 0 Å². The van der Waals surface area contributed by atoms with Crippen LogP contribution in [-0.2, 0) is 42.9 Å². The Morgan fingerprint density at radius 1 is 0.540 bits per heavy atom. The van der Waals surface area contributed by atoms with Gasteiger partial charge >= 0.3 is 382 Å². The molecule has 4 fully saturated rings. The summed E-state index contributed by atoms with van der Waals surface area (Å²) in [6.07, 6.45) is 13.1. The molecule has 0 heterocycles. The molecule has 0 amide bonds. The summed E-state index contributed by atoms with van der Waals surface area (Å²) in [5.41, 5.74) is 19.0. The molecule has 4 bridgehead atoms. The molecule has 4 saturated carbocycles. The van der Waals surface area contributed by atoms with Crippen molar-refractivity contribution in [3.05, 3.63) is 150 Å². The standard InChI is InChI=1S/C21H25.C21H26.C18H25.2ClH.Zr/c1-20(2,3)16-7-9-18-14(12-16)11-15-13-17(21(4,5)6)8-10-19(15)18;1-20(2,3)18-11-7-16(8-12-18)15-17-9-13-19(14-10-17)21(4,5)6;1-12-3-13(2)17(4-12)11-18-8-14-5-15(9-18)7-16(6-14)10-18;;;/h7-13H,1-6H3;7-14H,1-6H3;4,12,14-16H,5-11H2,1-2H3;2*1H;/q;;;;;+2/p-2. The van der Waals surface area contributed by atoms with Gasteiger partial charge in [0, 0.05) is 0 Å². The molecule has 334 valence electrons. The maximum Gasteiger partial charge on any atom is -1.00 e. The van der Waals surface area contributed by atoms with E-state index in [1.165, 1.54) is 89.5 Å². The third kappa shape index (κ3) is 9.11. The van der Waals surface area contributed by atoms with E-state index in [1.807, 2.05) is 3.28 Å². The zero-order chi connectivity index (χ0) is 43.6. The summed E-state index contributed by atoms with van der Waals surface area (Å²) >= 11 is -3.10. The third-order valence-electron chi connectivity index (χ3n) is 16.2. The van der Waals surface area contributed by atoms with Crippen molar-refractivity contribution < 1.29 is 46.1 Å². The van der Waals surface area contributed by atoms with Crippen molar-refractivity contribution in [2.24, 2.45) is 29.1 Å². The summed E-state index contributed by atoms with van der Waals surface area (Å²) in [4.78, 5) is 0. The first-order valence-electron chi connectivity index (χ1n) is 24.2. The molecule has 0 N–H and O–H groups in total. The Hall–Kier alpha value is -2.31. The zero-order valence-corrected chi connectivity index (χ0v) is 45.2. The maximum atomic E-state index is 2.81. The van der Waals surface area contributed by atoms with E-state index in [-0.39, 0.29) is 46.5 Å². The number of fused-ring (bicyclic) bond motifs is 3. The predicted molar refractivity (Wildman–Crippen MR) is 260 cm³/mol. The van der Waals surface area contributed by atoms with Crippen LogP contribution in [0.1, 0.15) is 190 Å². The molecular formula is C60H76Cl2Zr. The summed E-state index contributed by atoms with van der Waals surface area (Å²) in [7, 11) is 0. The number of hydrogen-bond acceptors (Lipinski definition) is 0. The quantitative estimate of drug-likeness (QED) is 0.181. The molecule has 4 aromatic rings. The third-order valence-corrected chi connectivity index (χ3v) is 25.4. The molecule has 0 nitrogen and oxygen atoms in total. The second kappa shape index (κ2) is 17.1. The van der Waals surface area contributed by atoms with E-state index in [0.717, 1.165) is 17.8 Å². The predicted octanol–water partition coefficient (Wildman–Crippen LogP) is 10.3. The van der Waals surface area contributed by atoms with E-state index in [0.29, 0.717) is 15.0 Å². The molecule has 4 aromatic carbocycles. The van der Waals surface area contributed by atoms with Gasteiger partial charge in [-0.05, 0) is 0 Å². The SMILES string of the molecule is CC1=[C]([Zr+2](=[C](c2ccc(C(C)(C)C)cc2)c2ccc(C(C)(C)C)cc2)[CH]2c3cc(C(C)(C)C)ccc3-c3ccc(C(C)(C)C)cc32)C(C)C=C1CC12CC3CC(CC(C3)C1)C2.[Cl-].[Cl-]. The first kappa shape index (κ1) is 48.6. The van der Waals surface area contributed by atoms with Gasteiger partial charge in [-0.1, -0.05) is 0 Å². The van der Waals surface area contributed by atoms with Crippen LogP contribution < -0.4 is 24.8 Å². The second-order valence-electron chi connectivity index (χ2n) is 25.1. The van der Waals surface area contributed by atoms with E-state index >= 15 is 0 Å². The number of hydrogen-bond donors (Lipinski definition) is 0. The summed E-state index contributed by atoms with van der Waals surface area (Å²) in [6.45, 7) is 33.8. The molecule has 6 aliphatic rings. The first-order chi connectivity index (χ1) is 28.5. The van der Waals surface area contributed by atoms with Crippen molar-refractivity contribution in [3.63, 3.8) is 0 Å². The van der Waals surface area contributed by atoms with Crippen LogP contribution in [0.2, 0.25) is 0 Å². The van der Waals surface area contributed by atoms with E-state index in [1.54, 1.807) is 25.5 Å². The van der Waals surface area contributed by atoms with Gasteiger partial charge in [0.05, 0.1) is 0 Å². The van der Waals surface area contributed by atoms with E-state index in [2.05, 4.69) is 188 Å². The van der Waals surface area contributed by atoms with E-state index in [9.17, 15) is 0 Å². The molecule has 0 radical (unpaired) electrons. The van der Waals surface area contributed by atoms with Crippen LogP contribution in [0.4, 0.5) is 0 Å². The molecule has 0 spiro atoms. The fraction of sp³-hybridized carbons (Fsp3) is 0.517. The zero-order valence-electron chi connectivity index (χ0n) is 41.3. The van der Waals surface area contributed by atoms with Gasteiger partial charge in [0.2, 0.25) is 0 Å². The average Bonchev–Trinajstić information content (AvgIpc) is 3.62. The molecule has 10 rings (SSSR count). The normalized spacial score (nSPS) is 24.0. The Bertz CT molecular complexity index is 2300. The first-order valence-corrected chi connectivity index (χ1v) is 28.0. The minimum Gasteiger partial charge on any atom is -1.00 e. The molecule has 0 aromatic heterocycles. The molecular weight excluding hydrogens is 883 g/mol. The van der Waals surface area contributed by atoms with Crippen molar-refractivity contribution in [3.8, 4) is 11.1 Å². The summed E-state index contributed by atoms with van der Waals surface area (Å²) in [5.74, 6) is 3.38. The topological polar surface area (TPSA) is 0 Å². The van der Waals surface area contributed by atoms with Gasteiger partial charge in [0.25, 0.3) is 0 Å². The number of rotatable bonds is 6. The Morgan fingerprint density at radius 2 is 0.905 bits per heavy atom. The van der Waals surface area contributed by atoms with Crippen LogP contribution in [0.25, 0.3) is 11.1 Å². The van der Waals surface area contributed by atoms with Crippen molar-refractivity contribution in [1.29, 1.82) is 0 Å². The molecule has 1 atom stereocenters. The van der Waals surface area contributed by atoms with Crippen molar-refractivity contribution in [2.45, 2.75) is 167 Å². The fourth-order valence-corrected chi connectivity index (χ4v) is 23.3. The van der Waals surface area contributed by atoms with Crippen molar-refractivity contribution >= 4 is 3.21 Å². The monoisotopic (exact) mass is 956 g/mol. The molecule has 0 aliphatic heterocycles. The van der Waals surface area contributed by atoms with Gasteiger partial charge in [0.15, 0.2) is 0 Å². The largest absolute Gasteiger partial charge is 1.00 e. The smallest absolute Gasteiger partial charge is 1.00 e. The molecule has 63 heavy (non-hydrogen) atoms.